The van der Waals surface area contributed by atoms with E-state index in [4.69, 9.17) is 5.73 Å². The Kier molecular flexibility index (Phi) is 4.00. The summed E-state index contributed by atoms with van der Waals surface area (Å²) in [6, 6.07) is 0.313. The highest BCUT2D eigenvalue weighted by atomic mass is 16.2. The first kappa shape index (κ1) is 13.5. The molecule has 0 aromatic heterocycles. The van der Waals surface area contributed by atoms with E-state index >= 15 is 0 Å². The van der Waals surface area contributed by atoms with Crippen molar-refractivity contribution in [1.29, 1.82) is 0 Å². The minimum atomic E-state index is -0.0612. The zero-order valence-corrected chi connectivity index (χ0v) is 11.3. The summed E-state index contributed by atoms with van der Waals surface area (Å²) in [7, 11) is 1.90. The Morgan fingerprint density at radius 1 is 1.44 bits per heavy atom. The maximum absolute atomic E-state index is 12.0. The number of carbonyl (C=O) groups is 1. The summed E-state index contributed by atoms with van der Waals surface area (Å²) < 4.78 is 0. The Morgan fingerprint density at radius 2 is 1.94 bits per heavy atom. The molecule has 1 aliphatic carbocycles. The van der Waals surface area contributed by atoms with Crippen LogP contribution in [-0.2, 0) is 4.79 Å². The van der Waals surface area contributed by atoms with Gasteiger partial charge in [0.15, 0.2) is 0 Å². The number of carbonyl (C=O) groups excluding carboxylic acids is 1. The van der Waals surface area contributed by atoms with E-state index in [2.05, 4.69) is 27.7 Å². The first-order valence-corrected chi connectivity index (χ1v) is 6.24. The van der Waals surface area contributed by atoms with E-state index in [1.807, 2.05) is 11.9 Å². The second kappa shape index (κ2) is 4.74. The highest BCUT2D eigenvalue weighted by Gasteiger charge is 2.33. The zero-order chi connectivity index (χ0) is 12.5. The van der Waals surface area contributed by atoms with Crippen LogP contribution in [0.15, 0.2) is 0 Å². The second-order valence-corrected chi connectivity index (χ2v) is 6.26. The van der Waals surface area contributed by atoms with E-state index in [0.29, 0.717) is 12.5 Å². The lowest BCUT2D eigenvalue weighted by atomic mass is 9.85. The summed E-state index contributed by atoms with van der Waals surface area (Å²) in [5.41, 5.74) is 6.03. The van der Waals surface area contributed by atoms with Crippen molar-refractivity contribution < 1.29 is 4.79 Å². The van der Waals surface area contributed by atoms with Crippen LogP contribution < -0.4 is 5.73 Å². The minimum Gasteiger partial charge on any atom is -0.343 e. The van der Waals surface area contributed by atoms with Gasteiger partial charge in [-0.1, -0.05) is 20.8 Å². The molecular weight excluding hydrogens is 200 g/mol. The molecule has 16 heavy (non-hydrogen) atoms. The van der Waals surface area contributed by atoms with E-state index in [1.165, 1.54) is 12.8 Å². The fourth-order valence-electron chi connectivity index (χ4n) is 1.76. The molecule has 0 aromatic carbocycles. The molecule has 0 radical (unpaired) electrons. The molecule has 3 nitrogen and oxygen atoms in total. The van der Waals surface area contributed by atoms with Crippen LogP contribution in [0.25, 0.3) is 0 Å². The quantitative estimate of drug-likeness (QED) is 0.797. The van der Waals surface area contributed by atoms with Gasteiger partial charge in [-0.05, 0) is 31.1 Å². The molecule has 2 N–H and O–H groups in total. The van der Waals surface area contributed by atoms with Gasteiger partial charge in [-0.25, -0.2) is 0 Å². The van der Waals surface area contributed by atoms with Gasteiger partial charge in [0.25, 0.3) is 0 Å². The van der Waals surface area contributed by atoms with Gasteiger partial charge in [-0.15, -0.1) is 0 Å². The highest BCUT2D eigenvalue weighted by molar-refractivity contribution is 5.77. The van der Waals surface area contributed by atoms with Gasteiger partial charge in [0.1, 0.15) is 0 Å². The molecule has 1 fully saturated rings. The predicted molar refractivity (Wildman–Crippen MR) is 67.0 cm³/mol. The van der Waals surface area contributed by atoms with Crippen molar-refractivity contribution in [3.05, 3.63) is 0 Å². The van der Waals surface area contributed by atoms with Crippen LogP contribution in [0.4, 0.5) is 0 Å². The van der Waals surface area contributed by atoms with E-state index in [9.17, 15) is 4.79 Å². The monoisotopic (exact) mass is 226 g/mol. The van der Waals surface area contributed by atoms with E-state index in [1.54, 1.807) is 0 Å². The fourth-order valence-corrected chi connectivity index (χ4v) is 1.76. The number of nitrogens with two attached hydrogens (primary N) is 1. The lowest BCUT2D eigenvalue weighted by Crippen LogP contribution is -2.43. The van der Waals surface area contributed by atoms with E-state index < -0.39 is 0 Å². The third kappa shape index (κ3) is 3.48. The first-order chi connectivity index (χ1) is 7.23. The molecule has 2 atom stereocenters. The Labute approximate surface area is 99.4 Å². The lowest BCUT2D eigenvalue weighted by Gasteiger charge is -2.30. The van der Waals surface area contributed by atoms with Crippen molar-refractivity contribution >= 4 is 5.91 Å². The fraction of sp³-hybridized carbons (Fsp3) is 0.923. The number of hydrogen-bond acceptors (Lipinski definition) is 2. The molecule has 0 aromatic rings. The number of hydrogen-bond donors (Lipinski definition) is 1. The second-order valence-electron chi connectivity index (χ2n) is 6.26. The van der Waals surface area contributed by atoms with Crippen molar-refractivity contribution in [2.75, 3.05) is 7.05 Å². The van der Waals surface area contributed by atoms with E-state index in [-0.39, 0.29) is 17.4 Å². The van der Waals surface area contributed by atoms with Crippen molar-refractivity contribution in [2.45, 2.75) is 59.0 Å². The highest BCUT2D eigenvalue weighted by Crippen LogP contribution is 2.35. The number of nitrogens with zero attached hydrogens (tertiary/aromatic N) is 1. The predicted octanol–water partition coefficient (Wildman–Crippen LogP) is 2.01. The smallest absolute Gasteiger partial charge is 0.224 e. The molecule has 1 amide bonds. The zero-order valence-electron chi connectivity index (χ0n) is 11.3. The molecule has 0 bridgehead atoms. The van der Waals surface area contributed by atoms with Crippen LogP contribution >= 0.6 is 0 Å². The Balaban J connectivity index is 2.44. The van der Waals surface area contributed by atoms with Crippen LogP contribution in [-0.4, -0.2) is 29.9 Å². The average Bonchev–Trinajstić information content (AvgIpc) is 2.96. The maximum atomic E-state index is 12.0. The van der Waals surface area contributed by atoms with Gasteiger partial charge >= 0.3 is 0 Å². The SMILES string of the molecule is CC(C1CC1)N(C)C(=O)CC(N)C(C)(C)C. The molecule has 0 aliphatic heterocycles. The summed E-state index contributed by atoms with van der Waals surface area (Å²) >= 11 is 0. The van der Waals surface area contributed by atoms with Gasteiger partial charge in [-0.2, -0.15) is 0 Å². The van der Waals surface area contributed by atoms with Gasteiger partial charge in [0, 0.05) is 25.6 Å². The standard InChI is InChI=1S/C13H26N2O/c1-9(10-6-7-10)15(5)12(16)8-11(14)13(2,3)4/h9-11H,6-8,14H2,1-5H3. The molecular formula is C13H26N2O. The first-order valence-electron chi connectivity index (χ1n) is 6.24. The van der Waals surface area contributed by atoms with Crippen LogP contribution in [0, 0.1) is 11.3 Å². The molecule has 1 rings (SSSR count). The largest absolute Gasteiger partial charge is 0.343 e. The van der Waals surface area contributed by atoms with Gasteiger partial charge in [0.2, 0.25) is 5.91 Å². The summed E-state index contributed by atoms with van der Waals surface area (Å²) in [4.78, 5) is 13.9. The van der Waals surface area contributed by atoms with Crippen LogP contribution in [0.1, 0.15) is 47.0 Å². The van der Waals surface area contributed by atoms with Crippen molar-refractivity contribution in [2.24, 2.45) is 17.1 Å². The number of amides is 1. The molecule has 3 heteroatoms. The lowest BCUT2D eigenvalue weighted by molar-refractivity contribution is -0.133. The molecule has 2 unspecified atom stereocenters. The van der Waals surface area contributed by atoms with Gasteiger partial charge in [0.05, 0.1) is 0 Å². The molecule has 1 aliphatic rings. The number of rotatable bonds is 4. The summed E-state index contributed by atoms with van der Waals surface area (Å²) in [6.07, 6.45) is 2.99. The van der Waals surface area contributed by atoms with Crippen molar-refractivity contribution in [1.82, 2.24) is 4.90 Å². The maximum Gasteiger partial charge on any atom is 0.224 e. The minimum absolute atomic E-state index is 0.000676. The Hall–Kier alpha value is -0.570. The summed E-state index contributed by atoms with van der Waals surface area (Å²) in [5.74, 6) is 0.904. The molecule has 0 heterocycles. The van der Waals surface area contributed by atoms with Gasteiger partial charge < -0.3 is 10.6 Å². The third-order valence-corrected chi connectivity index (χ3v) is 3.82. The van der Waals surface area contributed by atoms with Crippen molar-refractivity contribution in [3.63, 3.8) is 0 Å². The van der Waals surface area contributed by atoms with Crippen LogP contribution in [0.5, 0.6) is 0 Å². The van der Waals surface area contributed by atoms with Crippen molar-refractivity contribution in [3.8, 4) is 0 Å². The molecule has 1 saturated carbocycles. The van der Waals surface area contributed by atoms with Crippen LogP contribution in [0.2, 0.25) is 0 Å². The molecule has 0 spiro atoms. The molecule has 94 valence electrons. The van der Waals surface area contributed by atoms with Gasteiger partial charge in [-0.3, -0.25) is 4.79 Å². The summed E-state index contributed by atoms with van der Waals surface area (Å²) in [5, 5.41) is 0. The molecule has 0 saturated heterocycles. The Morgan fingerprint density at radius 3 is 2.31 bits per heavy atom. The summed E-state index contributed by atoms with van der Waals surface area (Å²) in [6.45, 7) is 8.37. The third-order valence-electron chi connectivity index (χ3n) is 3.82. The normalized spacial score (nSPS) is 20.4. The average molecular weight is 226 g/mol. The van der Waals surface area contributed by atoms with E-state index in [0.717, 1.165) is 5.92 Å². The van der Waals surface area contributed by atoms with Crippen LogP contribution in [0.3, 0.4) is 0 Å². The Bertz CT molecular complexity index is 253. The topological polar surface area (TPSA) is 46.3 Å².